The average Bonchev–Trinajstić information content (AvgIpc) is 2.80. The van der Waals surface area contributed by atoms with E-state index in [0.29, 0.717) is 6.42 Å². The van der Waals surface area contributed by atoms with E-state index in [2.05, 4.69) is 21.1 Å². The van der Waals surface area contributed by atoms with Gasteiger partial charge in [-0.2, -0.15) is 10.2 Å². The second-order valence-electron chi connectivity index (χ2n) is 6.60. The third-order valence-corrected chi connectivity index (χ3v) is 5.84. The van der Waals surface area contributed by atoms with Gasteiger partial charge in [-0.05, 0) is 32.1 Å². The van der Waals surface area contributed by atoms with Crippen molar-refractivity contribution in [3.05, 3.63) is 0 Å². The first-order valence-corrected chi connectivity index (χ1v) is 6.93. The minimum Gasteiger partial charge on any atom is -0.272 e. The van der Waals surface area contributed by atoms with Crippen LogP contribution in [0.4, 0.5) is 0 Å². The molecule has 2 N–H and O–H groups in total. The summed E-state index contributed by atoms with van der Waals surface area (Å²) in [6.45, 7) is 0. The molecule has 2 spiro atoms. The molecule has 0 aromatic carbocycles. The molecule has 4 atom stereocenters. The molecule has 0 aromatic rings. The predicted octanol–water partition coefficient (Wildman–Crippen LogP) is 0.154. The highest BCUT2D eigenvalue weighted by atomic mass is 16.2. The van der Waals surface area contributed by atoms with Crippen molar-refractivity contribution in [2.75, 3.05) is 0 Å². The topological polar surface area (TPSA) is 82.9 Å². The minimum atomic E-state index is -0.523. The van der Waals surface area contributed by atoms with Crippen LogP contribution in [-0.2, 0) is 9.59 Å². The number of rotatable bonds is 0. The van der Waals surface area contributed by atoms with Gasteiger partial charge in [0.2, 0.25) is 0 Å². The fourth-order valence-corrected chi connectivity index (χ4v) is 5.16. The molecule has 2 heterocycles. The van der Waals surface area contributed by atoms with Gasteiger partial charge in [-0.25, -0.2) is 10.9 Å². The van der Waals surface area contributed by atoms with Gasteiger partial charge in [-0.1, -0.05) is 0 Å². The Balaban J connectivity index is 1.79. The van der Waals surface area contributed by atoms with Crippen molar-refractivity contribution in [2.24, 2.45) is 32.9 Å². The Morgan fingerprint density at radius 1 is 0.895 bits per heavy atom. The van der Waals surface area contributed by atoms with Crippen molar-refractivity contribution in [1.82, 2.24) is 10.9 Å². The number of nitrogens with zero attached hydrogens (tertiary/aromatic N) is 2. The van der Waals surface area contributed by atoms with E-state index in [9.17, 15) is 9.59 Å². The quantitative estimate of drug-likeness (QED) is 0.648. The van der Waals surface area contributed by atoms with Gasteiger partial charge in [0.1, 0.15) is 0 Å². The number of carbonyl (C=O) groups is 2. The summed E-state index contributed by atoms with van der Waals surface area (Å²) in [7, 11) is 0. The number of carbonyl (C=O) groups excluding carboxylic acids is 2. The maximum atomic E-state index is 12.4. The van der Waals surface area contributed by atoms with Crippen molar-refractivity contribution < 1.29 is 9.59 Å². The summed E-state index contributed by atoms with van der Waals surface area (Å²) in [5.74, 6) is 0.512. The highest BCUT2D eigenvalue weighted by molar-refractivity contribution is 6.22. The second kappa shape index (κ2) is 2.73. The Morgan fingerprint density at radius 3 is 1.84 bits per heavy atom. The van der Waals surface area contributed by atoms with E-state index in [1.165, 1.54) is 0 Å². The fourth-order valence-electron chi connectivity index (χ4n) is 5.16. The normalized spacial score (nSPS) is 49.1. The van der Waals surface area contributed by atoms with Crippen LogP contribution in [0.2, 0.25) is 0 Å². The molecule has 4 fully saturated rings. The monoisotopic (exact) mass is 258 g/mol. The molecule has 98 valence electrons. The van der Waals surface area contributed by atoms with Gasteiger partial charge < -0.3 is 0 Å². The lowest BCUT2D eigenvalue weighted by molar-refractivity contribution is -0.134. The summed E-state index contributed by atoms with van der Waals surface area (Å²) in [5, 5.41) is 8.62. The average molecular weight is 258 g/mol. The van der Waals surface area contributed by atoms with E-state index in [4.69, 9.17) is 0 Å². The van der Waals surface area contributed by atoms with Gasteiger partial charge >= 0.3 is 0 Å². The van der Waals surface area contributed by atoms with E-state index in [0.717, 1.165) is 37.1 Å². The lowest BCUT2D eigenvalue weighted by Gasteiger charge is -2.49. The van der Waals surface area contributed by atoms with E-state index in [1.54, 1.807) is 0 Å². The van der Waals surface area contributed by atoms with Gasteiger partial charge in [0.15, 0.2) is 0 Å². The summed E-state index contributed by atoms with van der Waals surface area (Å²) < 4.78 is 0. The van der Waals surface area contributed by atoms with E-state index < -0.39 is 10.8 Å². The number of hydrogen-bond acceptors (Lipinski definition) is 4. The van der Waals surface area contributed by atoms with Crippen LogP contribution in [0.15, 0.2) is 10.2 Å². The van der Waals surface area contributed by atoms with Crippen molar-refractivity contribution >= 4 is 23.2 Å². The van der Waals surface area contributed by atoms with Gasteiger partial charge in [-0.15, -0.1) is 0 Å². The molecule has 6 aliphatic rings. The number of hydrogen-bond donors (Lipinski definition) is 2. The number of nitrogens with one attached hydrogen (secondary N) is 2. The molecule has 2 amide bonds. The molecule has 0 aromatic heterocycles. The molecule has 6 rings (SSSR count). The summed E-state index contributed by atoms with van der Waals surface area (Å²) in [5.41, 5.74) is 6.31. The Bertz CT molecular complexity index is 558. The van der Waals surface area contributed by atoms with Crippen LogP contribution < -0.4 is 10.9 Å². The Hall–Kier alpha value is -1.72. The van der Waals surface area contributed by atoms with Crippen LogP contribution in [0.25, 0.3) is 0 Å². The van der Waals surface area contributed by atoms with E-state index in [1.807, 2.05) is 0 Å². The molecule has 2 aliphatic heterocycles. The molecule has 6 nitrogen and oxygen atoms in total. The lowest BCUT2D eigenvalue weighted by Crippen LogP contribution is -2.59. The molecule has 0 unspecified atom stereocenters. The first-order valence-electron chi connectivity index (χ1n) is 6.93. The molecule has 0 radical (unpaired) electrons. The maximum Gasteiger partial charge on any atom is 0.252 e. The van der Waals surface area contributed by atoms with Crippen LogP contribution in [0.3, 0.4) is 0 Å². The highest BCUT2D eigenvalue weighted by Gasteiger charge is 2.69. The first kappa shape index (κ1) is 10.1. The lowest BCUT2D eigenvalue weighted by atomic mass is 9.50. The third kappa shape index (κ3) is 0.884. The largest absolute Gasteiger partial charge is 0.272 e. The van der Waals surface area contributed by atoms with Gasteiger partial charge in [0.25, 0.3) is 11.8 Å². The third-order valence-electron chi connectivity index (χ3n) is 5.84. The second-order valence-corrected chi connectivity index (χ2v) is 6.60. The Labute approximate surface area is 109 Å². The van der Waals surface area contributed by atoms with E-state index >= 15 is 0 Å². The van der Waals surface area contributed by atoms with Crippen LogP contribution in [0.1, 0.15) is 32.1 Å². The number of hydrazone groups is 2. The van der Waals surface area contributed by atoms with Crippen LogP contribution >= 0.6 is 0 Å². The molecule has 4 bridgehead atoms. The molecule has 4 aliphatic carbocycles. The predicted molar refractivity (Wildman–Crippen MR) is 66.1 cm³/mol. The maximum absolute atomic E-state index is 12.4. The summed E-state index contributed by atoms with van der Waals surface area (Å²) in [6.07, 6.45) is 4.18. The zero-order valence-electron chi connectivity index (χ0n) is 10.4. The number of fused-ring (bicyclic) bond motifs is 1. The van der Waals surface area contributed by atoms with Crippen molar-refractivity contribution in [3.8, 4) is 0 Å². The molecule has 19 heavy (non-hydrogen) atoms. The standard InChI is InChI=1S/C13H14N4O2/c18-10-12-3-6-1-2-7(9(12)15-17-10)4-13(5-12)8(6)14-16-11(13)19/h6-7H,1-5H2,(H,16,19)(H,17,18)/t6-,7-,12+,13+/m0/s1. The SMILES string of the molecule is O=C1NN=C2[C@H]3CC[C@H]4C[C@]12C[C@@]1(C3)C(=O)NN=C41. The zero-order valence-corrected chi connectivity index (χ0v) is 10.4. The first-order chi connectivity index (χ1) is 9.16. The zero-order chi connectivity index (χ0) is 12.8. The van der Waals surface area contributed by atoms with Crippen molar-refractivity contribution in [1.29, 1.82) is 0 Å². The van der Waals surface area contributed by atoms with Crippen molar-refractivity contribution in [2.45, 2.75) is 32.1 Å². The van der Waals surface area contributed by atoms with E-state index in [-0.39, 0.29) is 23.7 Å². The summed E-state index contributed by atoms with van der Waals surface area (Å²) in [4.78, 5) is 24.7. The Kier molecular flexibility index (Phi) is 1.46. The fraction of sp³-hybridized carbons (Fsp3) is 0.692. The summed E-state index contributed by atoms with van der Waals surface area (Å²) in [6, 6.07) is 0. The van der Waals surface area contributed by atoms with Crippen molar-refractivity contribution in [3.63, 3.8) is 0 Å². The highest BCUT2D eigenvalue weighted by Crippen LogP contribution is 2.62. The van der Waals surface area contributed by atoms with Crippen LogP contribution in [0.5, 0.6) is 0 Å². The minimum absolute atomic E-state index is 0.00257. The Morgan fingerprint density at radius 2 is 1.37 bits per heavy atom. The van der Waals surface area contributed by atoms with Gasteiger partial charge in [0, 0.05) is 11.8 Å². The van der Waals surface area contributed by atoms with Gasteiger partial charge in [-0.3, -0.25) is 9.59 Å². The number of amides is 2. The molecule has 4 saturated carbocycles. The molecule has 0 saturated heterocycles. The summed E-state index contributed by atoms with van der Waals surface area (Å²) >= 11 is 0. The molecule has 6 heteroatoms. The molecular weight excluding hydrogens is 244 g/mol. The van der Waals surface area contributed by atoms with Crippen LogP contribution in [0, 0.1) is 22.7 Å². The molecular formula is C13H14N4O2. The van der Waals surface area contributed by atoms with Crippen LogP contribution in [-0.4, -0.2) is 23.2 Å². The van der Waals surface area contributed by atoms with Gasteiger partial charge in [0.05, 0.1) is 22.3 Å². The smallest absolute Gasteiger partial charge is 0.252 e.